The predicted molar refractivity (Wildman–Crippen MR) is 85.8 cm³/mol. The van der Waals surface area contributed by atoms with Crippen molar-refractivity contribution in [1.82, 2.24) is 4.57 Å². The van der Waals surface area contributed by atoms with Gasteiger partial charge in [0, 0.05) is 33.4 Å². The molecule has 0 saturated heterocycles. The lowest BCUT2D eigenvalue weighted by Gasteiger charge is -2.10. The molecule has 1 aromatic heterocycles. The molecule has 0 N–H and O–H groups in total. The maximum absolute atomic E-state index is 12.7. The summed E-state index contributed by atoms with van der Waals surface area (Å²) in [7, 11) is 1.72. The smallest absolute Gasteiger partial charge is 0.258 e. The van der Waals surface area contributed by atoms with E-state index in [0.29, 0.717) is 22.2 Å². The van der Waals surface area contributed by atoms with Crippen molar-refractivity contribution in [3.63, 3.8) is 0 Å². The van der Waals surface area contributed by atoms with Crippen LogP contribution < -0.4 is 5.56 Å². The fraction of sp³-hybridized carbons (Fsp3) is 0.0588. The van der Waals surface area contributed by atoms with E-state index in [4.69, 9.17) is 0 Å². The molecule has 4 rings (SSSR count). The number of hydrogen-bond donors (Lipinski definition) is 0. The van der Waals surface area contributed by atoms with Crippen LogP contribution in [0.1, 0.15) is 15.9 Å². The molecule has 102 valence electrons. The first-order valence-corrected chi connectivity index (χ1v) is 7.35. The molecular formula is C17H10BrNO2. The highest BCUT2D eigenvalue weighted by molar-refractivity contribution is 9.10. The molecule has 4 heteroatoms. The molecule has 21 heavy (non-hydrogen) atoms. The first kappa shape index (κ1) is 12.5. The first-order valence-electron chi connectivity index (χ1n) is 6.56. The minimum atomic E-state index is -0.0787. The van der Waals surface area contributed by atoms with E-state index >= 15 is 0 Å². The second kappa shape index (κ2) is 4.15. The minimum Gasteiger partial charge on any atom is -0.310 e. The van der Waals surface area contributed by atoms with Crippen LogP contribution in [-0.4, -0.2) is 10.4 Å². The van der Waals surface area contributed by atoms with Crippen molar-refractivity contribution in [2.45, 2.75) is 0 Å². The van der Waals surface area contributed by atoms with Crippen molar-refractivity contribution >= 4 is 32.5 Å². The second-order valence-electron chi connectivity index (χ2n) is 5.15. The van der Waals surface area contributed by atoms with Gasteiger partial charge in [-0.05, 0) is 24.3 Å². The van der Waals surface area contributed by atoms with Crippen LogP contribution in [0.4, 0.5) is 0 Å². The summed E-state index contributed by atoms with van der Waals surface area (Å²) >= 11 is 3.43. The number of carbonyl (C=O) groups excluding carboxylic acids is 1. The molecule has 0 atom stereocenters. The van der Waals surface area contributed by atoms with Gasteiger partial charge in [0.05, 0.1) is 11.3 Å². The summed E-state index contributed by atoms with van der Waals surface area (Å²) in [5.74, 6) is -0.0145. The van der Waals surface area contributed by atoms with Gasteiger partial charge in [0.2, 0.25) is 0 Å². The van der Waals surface area contributed by atoms with Gasteiger partial charge in [0.1, 0.15) is 0 Å². The average molecular weight is 340 g/mol. The Balaban J connectivity index is 2.28. The van der Waals surface area contributed by atoms with Gasteiger partial charge < -0.3 is 4.57 Å². The maximum Gasteiger partial charge on any atom is 0.258 e. The zero-order valence-corrected chi connectivity index (χ0v) is 12.8. The SMILES string of the molecule is Cn1c2c(c3ccccc3c1=O)C(=O)c1ccc(Br)cc1-2. The quantitative estimate of drug-likeness (QED) is 0.491. The summed E-state index contributed by atoms with van der Waals surface area (Å²) in [6.45, 7) is 0. The van der Waals surface area contributed by atoms with E-state index in [1.807, 2.05) is 30.3 Å². The molecular weight excluding hydrogens is 330 g/mol. The lowest BCUT2D eigenvalue weighted by molar-refractivity contribution is 0.104. The van der Waals surface area contributed by atoms with E-state index in [0.717, 1.165) is 15.4 Å². The zero-order valence-electron chi connectivity index (χ0n) is 11.2. The Morgan fingerprint density at radius 2 is 1.67 bits per heavy atom. The van der Waals surface area contributed by atoms with Crippen LogP contribution in [0.25, 0.3) is 22.0 Å². The highest BCUT2D eigenvalue weighted by Gasteiger charge is 2.31. The monoisotopic (exact) mass is 339 g/mol. The number of benzene rings is 2. The second-order valence-corrected chi connectivity index (χ2v) is 6.07. The summed E-state index contributed by atoms with van der Waals surface area (Å²) in [6, 6.07) is 12.8. The zero-order chi connectivity index (χ0) is 14.7. The Morgan fingerprint density at radius 3 is 2.43 bits per heavy atom. The van der Waals surface area contributed by atoms with E-state index in [2.05, 4.69) is 15.9 Å². The van der Waals surface area contributed by atoms with E-state index in [-0.39, 0.29) is 11.3 Å². The van der Waals surface area contributed by atoms with E-state index in [1.54, 1.807) is 23.7 Å². The molecule has 1 aliphatic rings. The summed E-state index contributed by atoms with van der Waals surface area (Å²) < 4.78 is 2.47. The van der Waals surface area contributed by atoms with Gasteiger partial charge in [-0.2, -0.15) is 0 Å². The molecule has 0 fully saturated rings. The summed E-state index contributed by atoms with van der Waals surface area (Å²) in [5, 5.41) is 1.31. The fourth-order valence-electron chi connectivity index (χ4n) is 3.06. The van der Waals surface area contributed by atoms with Crippen molar-refractivity contribution < 1.29 is 4.79 Å². The Hall–Kier alpha value is -2.20. The summed E-state index contributed by atoms with van der Waals surface area (Å²) in [6.07, 6.45) is 0. The van der Waals surface area contributed by atoms with Gasteiger partial charge in [0.25, 0.3) is 5.56 Å². The number of nitrogens with zero attached hydrogens (tertiary/aromatic N) is 1. The van der Waals surface area contributed by atoms with Crippen LogP contribution in [0, 0.1) is 0 Å². The van der Waals surface area contributed by atoms with E-state index in [1.165, 1.54) is 0 Å². The third-order valence-corrected chi connectivity index (χ3v) is 4.51. The average Bonchev–Trinajstić information content (AvgIpc) is 2.77. The van der Waals surface area contributed by atoms with Gasteiger partial charge in [-0.3, -0.25) is 9.59 Å². The molecule has 0 spiro atoms. The van der Waals surface area contributed by atoms with Gasteiger partial charge in [-0.15, -0.1) is 0 Å². The van der Waals surface area contributed by atoms with Crippen LogP contribution in [0.15, 0.2) is 51.7 Å². The Labute approximate surface area is 129 Å². The van der Waals surface area contributed by atoms with Crippen LogP contribution >= 0.6 is 15.9 Å². The molecule has 1 heterocycles. The number of fused-ring (bicyclic) bond motifs is 5. The highest BCUT2D eigenvalue weighted by Crippen LogP contribution is 2.39. The molecule has 3 aromatic rings. The van der Waals surface area contributed by atoms with Crippen molar-refractivity contribution in [3.05, 3.63) is 68.4 Å². The van der Waals surface area contributed by atoms with Crippen LogP contribution in [0.3, 0.4) is 0 Å². The topological polar surface area (TPSA) is 39.1 Å². The molecule has 0 aliphatic heterocycles. The molecule has 0 amide bonds. The number of halogens is 1. The number of pyridine rings is 1. The fourth-order valence-corrected chi connectivity index (χ4v) is 3.42. The van der Waals surface area contributed by atoms with Gasteiger partial charge in [0.15, 0.2) is 5.78 Å². The lowest BCUT2D eigenvalue weighted by Crippen LogP contribution is -2.19. The van der Waals surface area contributed by atoms with Gasteiger partial charge in [-0.25, -0.2) is 0 Å². The highest BCUT2D eigenvalue weighted by atomic mass is 79.9. The summed E-state index contributed by atoms with van der Waals surface area (Å²) in [5.41, 5.74) is 2.72. The molecule has 0 saturated carbocycles. The third kappa shape index (κ3) is 1.54. The van der Waals surface area contributed by atoms with Gasteiger partial charge in [-0.1, -0.05) is 34.1 Å². The van der Waals surface area contributed by atoms with E-state index < -0.39 is 0 Å². The molecule has 1 aliphatic carbocycles. The van der Waals surface area contributed by atoms with Crippen LogP contribution in [0.5, 0.6) is 0 Å². The largest absolute Gasteiger partial charge is 0.310 e. The van der Waals surface area contributed by atoms with E-state index in [9.17, 15) is 9.59 Å². The van der Waals surface area contributed by atoms with Crippen LogP contribution in [0.2, 0.25) is 0 Å². The lowest BCUT2D eigenvalue weighted by atomic mass is 10.0. The molecule has 0 bridgehead atoms. The van der Waals surface area contributed by atoms with Gasteiger partial charge >= 0.3 is 0 Å². The number of hydrogen-bond acceptors (Lipinski definition) is 2. The molecule has 2 aromatic carbocycles. The number of aromatic nitrogens is 1. The van der Waals surface area contributed by atoms with Crippen molar-refractivity contribution in [3.8, 4) is 11.3 Å². The van der Waals surface area contributed by atoms with Crippen molar-refractivity contribution in [2.24, 2.45) is 7.05 Å². The van der Waals surface area contributed by atoms with Crippen molar-refractivity contribution in [1.29, 1.82) is 0 Å². The summed E-state index contributed by atoms with van der Waals surface area (Å²) in [4.78, 5) is 25.3. The third-order valence-electron chi connectivity index (χ3n) is 4.01. The number of ketones is 1. The number of carbonyl (C=O) groups is 1. The maximum atomic E-state index is 12.7. The Bertz CT molecular complexity index is 1000. The Kier molecular flexibility index (Phi) is 2.48. The normalized spacial score (nSPS) is 12.6. The minimum absolute atomic E-state index is 0.0145. The predicted octanol–water partition coefficient (Wildman–Crippen LogP) is 3.51. The first-order chi connectivity index (χ1) is 10.1. The molecule has 0 radical (unpaired) electrons. The van der Waals surface area contributed by atoms with Crippen LogP contribution in [-0.2, 0) is 7.05 Å². The molecule has 3 nitrogen and oxygen atoms in total. The standard InChI is InChI=1S/C17H10BrNO2/c1-19-15-13-8-9(18)6-7-11(13)16(20)14(15)10-4-2-3-5-12(10)17(19)21/h2-8H,1H3. The Morgan fingerprint density at radius 1 is 0.952 bits per heavy atom. The molecule has 0 unspecified atom stereocenters. The van der Waals surface area contributed by atoms with Crippen molar-refractivity contribution in [2.75, 3.05) is 0 Å². The number of rotatable bonds is 0.